The van der Waals surface area contributed by atoms with Crippen LogP contribution in [0.4, 0.5) is 0 Å². The van der Waals surface area contributed by atoms with Crippen molar-refractivity contribution < 1.29 is 14.6 Å². The summed E-state index contributed by atoms with van der Waals surface area (Å²) in [5.41, 5.74) is 4.85. The molecule has 0 bridgehead atoms. The predicted molar refractivity (Wildman–Crippen MR) is 109 cm³/mol. The van der Waals surface area contributed by atoms with E-state index in [4.69, 9.17) is 4.74 Å². The summed E-state index contributed by atoms with van der Waals surface area (Å²) in [5.74, 6) is 0.197. The molecule has 4 rings (SSSR count). The fourth-order valence-electron chi connectivity index (χ4n) is 3.93. The Hall–Kier alpha value is -2.27. The molecule has 0 radical (unpaired) electrons. The van der Waals surface area contributed by atoms with Crippen LogP contribution >= 0.6 is 15.9 Å². The third-order valence-corrected chi connectivity index (χ3v) is 6.15. The highest BCUT2D eigenvalue weighted by Gasteiger charge is 2.43. The van der Waals surface area contributed by atoms with Gasteiger partial charge in [0.1, 0.15) is 5.75 Å². The fourth-order valence-corrected chi connectivity index (χ4v) is 4.19. The number of hydrogen-bond acceptors (Lipinski definition) is 2. The number of nitrogens with zero attached hydrogens (tertiary/aromatic N) is 1. The Morgan fingerprint density at radius 2 is 2.00 bits per heavy atom. The highest BCUT2D eigenvalue weighted by atomic mass is 79.9. The second-order valence-corrected chi connectivity index (χ2v) is 8.22. The largest absolute Gasteiger partial charge is 0.497 e. The average molecular weight is 428 g/mol. The Morgan fingerprint density at radius 3 is 2.63 bits per heavy atom. The molecule has 2 atom stereocenters. The minimum Gasteiger partial charge on any atom is -0.497 e. The van der Waals surface area contributed by atoms with Crippen molar-refractivity contribution >= 4 is 32.8 Å². The van der Waals surface area contributed by atoms with Crippen LogP contribution in [-0.4, -0.2) is 22.8 Å². The predicted octanol–water partition coefficient (Wildman–Crippen LogP) is 5.03. The van der Waals surface area contributed by atoms with Gasteiger partial charge in [-0.05, 0) is 67.1 Å². The number of fused-ring (bicyclic) bond motifs is 1. The second kappa shape index (κ2) is 7.04. The molecule has 1 aromatic heterocycles. The first kappa shape index (κ1) is 18.1. The van der Waals surface area contributed by atoms with E-state index in [0.29, 0.717) is 0 Å². The molecular formula is C22H22BrNO3. The van der Waals surface area contributed by atoms with Crippen molar-refractivity contribution in [2.24, 2.45) is 11.8 Å². The molecule has 2 unspecified atom stereocenters. The summed E-state index contributed by atoms with van der Waals surface area (Å²) in [6.07, 6.45) is 1.58. The van der Waals surface area contributed by atoms with E-state index < -0.39 is 5.97 Å². The average Bonchev–Trinajstić information content (AvgIpc) is 3.40. The zero-order valence-electron chi connectivity index (χ0n) is 15.4. The highest BCUT2D eigenvalue weighted by Crippen LogP contribution is 2.43. The molecule has 0 amide bonds. The first-order valence-corrected chi connectivity index (χ1v) is 9.90. The lowest BCUT2D eigenvalue weighted by molar-refractivity contribution is -0.138. The fraction of sp³-hybridized carbons (Fsp3) is 0.318. The zero-order chi connectivity index (χ0) is 19.1. The van der Waals surface area contributed by atoms with E-state index in [1.54, 1.807) is 7.11 Å². The number of carboxylic acid groups (broad SMARTS) is 1. The lowest BCUT2D eigenvalue weighted by Crippen LogP contribution is -2.04. The van der Waals surface area contributed by atoms with Crippen molar-refractivity contribution in [1.29, 1.82) is 0 Å². The molecule has 4 nitrogen and oxygen atoms in total. The van der Waals surface area contributed by atoms with Gasteiger partial charge in [0, 0.05) is 27.6 Å². The zero-order valence-corrected chi connectivity index (χ0v) is 17.0. The van der Waals surface area contributed by atoms with Crippen LogP contribution in [0.25, 0.3) is 10.9 Å². The molecule has 1 saturated carbocycles. The molecule has 0 spiro atoms. The maximum Gasteiger partial charge on any atom is 0.306 e. The molecule has 0 aliphatic heterocycles. The summed E-state index contributed by atoms with van der Waals surface area (Å²) in [5, 5.41) is 10.4. The van der Waals surface area contributed by atoms with Gasteiger partial charge >= 0.3 is 5.97 Å². The van der Waals surface area contributed by atoms with E-state index in [2.05, 4.69) is 63.8 Å². The first-order valence-electron chi connectivity index (χ1n) is 9.11. The molecule has 3 aromatic rings. The van der Waals surface area contributed by atoms with Crippen LogP contribution in [0.1, 0.15) is 23.2 Å². The SMILES string of the molecule is COc1ccc2c(c1)c(CC1CC1C(=O)O)c(C)n2Cc1ccc(Br)cc1. The Balaban J connectivity index is 1.75. The van der Waals surface area contributed by atoms with Crippen molar-refractivity contribution in [3.63, 3.8) is 0 Å². The summed E-state index contributed by atoms with van der Waals surface area (Å²) in [4.78, 5) is 11.3. The molecule has 5 heteroatoms. The van der Waals surface area contributed by atoms with Gasteiger partial charge in [-0.3, -0.25) is 4.79 Å². The molecule has 1 aliphatic rings. The monoisotopic (exact) mass is 427 g/mol. The summed E-state index contributed by atoms with van der Waals surface area (Å²) in [7, 11) is 1.67. The van der Waals surface area contributed by atoms with E-state index in [9.17, 15) is 9.90 Å². The van der Waals surface area contributed by atoms with Crippen molar-refractivity contribution in [2.45, 2.75) is 26.3 Å². The first-order chi connectivity index (χ1) is 13.0. The third kappa shape index (κ3) is 3.48. The van der Waals surface area contributed by atoms with Gasteiger partial charge in [-0.1, -0.05) is 28.1 Å². The van der Waals surface area contributed by atoms with Gasteiger partial charge in [0.2, 0.25) is 0 Å². The molecule has 1 fully saturated rings. The lowest BCUT2D eigenvalue weighted by atomic mass is 10.0. The van der Waals surface area contributed by atoms with Gasteiger partial charge in [-0.15, -0.1) is 0 Å². The van der Waals surface area contributed by atoms with Crippen molar-refractivity contribution in [3.8, 4) is 5.75 Å². The van der Waals surface area contributed by atoms with Gasteiger partial charge in [-0.2, -0.15) is 0 Å². The van der Waals surface area contributed by atoms with Gasteiger partial charge < -0.3 is 14.4 Å². The third-order valence-electron chi connectivity index (χ3n) is 5.62. The van der Waals surface area contributed by atoms with Crippen LogP contribution in [0, 0.1) is 18.8 Å². The molecule has 1 aliphatic carbocycles. The minimum absolute atomic E-state index is 0.195. The number of benzene rings is 2. The van der Waals surface area contributed by atoms with Crippen LogP contribution < -0.4 is 4.74 Å². The number of carboxylic acids is 1. The van der Waals surface area contributed by atoms with Crippen molar-refractivity contribution in [2.75, 3.05) is 7.11 Å². The van der Waals surface area contributed by atoms with E-state index in [-0.39, 0.29) is 11.8 Å². The van der Waals surface area contributed by atoms with E-state index >= 15 is 0 Å². The van der Waals surface area contributed by atoms with E-state index in [1.807, 2.05) is 6.07 Å². The molecule has 2 aromatic carbocycles. The molecular weight excluding hydrogens is 406 g/mol. The van der Waals surface area contributed by atoms with Gasteiger partial charge in [0.15, 0.2) is 0 Å². The maximum absolute atomic E-state index is 11.3. The summed E-state index contributed by atoms with van der Waals surface area (Å²) in [6, 6.07) is 14.5. The molecule has 27 heavy (non-hydrogen) atoms. The van der Waals surface area contributed by atoms with Gasteiger partial charge in [0.05, 0.1) is 13.0 Å². The quantitative estimate of drug-likeness (QED) is 0.599. The maximum atomic E-state index is 11.3. The normalized spacial score (nSPS) is 18.6. The Morgan fingerprint density at radius 1 is 1.26 bits per heavy atom. The molecule has 140 valence electrons. The van der Waals surface area contributed by atoms with Crippen LogP contribution in [0.2, 0.25) is 0 Å². The van der Waals surface area contributed by atoms with Crippen LogP contribution in [0.15, 0.2) is 46.9 Å². The van der Waals surface area contributed by atoms with Crippen LogP contribution in [0.3, 0.4) is 0 Å². The van der Waals surface area contributed by atoms with Gasteiger partial charge in [-0.25, -0.2) is 0 Å². The van der Waals surface area contributed by atoms with Crippen molar-refractivity contribution in [3.05, 3.63) is 63.8 Å². The number of ether oxygens (including phenoxy) is 1. The number of hydrogen-bond donors (Lipinski definition) is 1. The Labute approximate surface area is 166 Å². The lowest BCUT2D eigenvalue weighted by Gasteiger charge is -2.10. The van der Waals surface area contributed by atoms with Gasteiger partial charge in [0.25, 0.3) is 0 Å². The van der Waals surface area contributed by atoms with E-state index in [1.165, 1.54) is 27.7 Å². The second-order valence-electron chi connectivity index (χ2n) is 7.30. The van der Waals surface area contributed by atoms with Crippen LogP contribution in [0.5, 0.6) is 5.75 Å². The summed E-state index contributed by atoms with van der Waals surface area (Å²) >= 11 is 3.49. The topological polar surface area (TPSA) is 51.5 Å². The summed E-state index contributed by atoms with van der Waals surface area (Å²) in [6.45, 7) is 2.92. The number of aromatic nitrogens is 1. The summed E-state index contributed by atoms with van der Waals surface area (Å²) < 4.78 is 8.82. The smallest absolute Gasteiger partial charge is 0.306 e. The standard InChI is InChI=1S/C22H22BrNO3/c1-13-18(9-15-10-19(15)22(25)26)20-11-17(27-2)7-8-21(20)24(13)12-14-3-5-16(23)6-4-14/h3-8,11,15,19H,9-10,12H2,1-2H3,(H,25,26). The Bertz CT molecular complexity index is 1010. The van der Waals surface area contributed by atoms with E-state index in [0.717, 1.165) is 29.6 Å². The number of methoxy groups -OCH3 is 1. The van der Waals surface area contributed by atoms with Crippen LogP contribution in [-0.2, 0) is 17.8 Å². The molecule has 1 heterocycles. The Kier molecular flexibility index (Phi) is 4.72. The number of halogens is 1. The number of rotatable bonds is 6. The number of aliphatic carboxylic acids is 1. The number of carbonyl (C=O) groups is 1. The molecule has 1 N–H and O–H groups in total. The van der Waals surface area contributed by atoms with Crippen molar-refractivity contribution in [1.82, 2.24) is 4.57 Å². The molecule has 0 saturated heterocycles. The highest BCUT2D eigenvalue weighted by molar-refractivity contribution is 9.10. The minimum atomic E-state index is -0.672.